The molecule has 27 heavy (non-hydrogen) atoms. The van der Waals surface area contributed by atoms with Crippen LogP contribution in [-0.4, -0.2) is 22.4 Å². The minimum Gasteiger partial charge on any atom is -0.393 e. The second-order valence-electron chi connectivity index (χ2n) is 6.90. The molecule has 0 spiro atoms. The molecular formula is C19H15ClF3NO2S. The highest BCUT2D eigenvalue weighted by Crippen LogP contribution is 2.55. The molecule has 3 saturated carbocycles. The minimum atomic E-state index is -1.59. The van der Waals surface area contributed by atoms with Crippen LogP contribution in [0.5, 0.6) is 0 Å². The van der Waals surface area contributed by atoms with Crippen molar-refractivity contribution in [1.29, 1.82) is 0 Å². The van der Waals surface area contributed by atoms with Gasteiger partial charge in [-0.2, -0.15) is 0 Å². The standard InChI is InChI=1S/C19H15ClF3NO2S/c20-12-2-1-8(4-16(12)27-15-5-9-3-11(15)18(9)25)19(26)24-10-6-13(21)17(23)14(22)7-10/h1-2,4,6-7,9,11,15,18,25H,3,5H2,(H,24,26)/t9?,11?,15-,18-/m1/s1. The van der Waals surface area contributed by atoms with E-state index in [0.717, 1.165) is 25.0 Å². The zero-order valence-electron chi connectivity index (χ0n) is 13.9. The van der Waals surface area contributed by atoms with Gasteiger partial charge in [-0.25, -0.2) is 13.2 Å². The highest BCUT2D eigenvalue weighted by Gasteiger charge is 2.52. The summed E-state index contributed by atoms with van der Waals surface area (Å²) in [7, 11) is 0. The van der Waals surface area contributed by atoms with Crippen molar-refractivity contribution in [3.05, 3.63) is 58.4 Å². The number of halogens is 4. The van der Waals surface area contributed by atoms with Crippen LogP contribution in [0.3, 0.4) is 0 Å². The summed E-state index contributed by atoms with van der Waals surface area (Å²) in [5.74, 6) is -4.34. The maximum Gasteiger partial charge on any atom is 0.255 e. The fourth-order valence-electron chi connectivity index (χ4n) is 3.73. The van der Waals surface area contributed by atoms with Gasteiger partial charge in [0.15, 0.2) is 17.5 Å². The molecule has 3 aliphatic rings. The third-order valence-corrected chi connectivity index (χ3v) is 7.10. The second kappa shape index (κ2) is 7.04. The number of rotatable bonds is 4. The number of benzene rings is 2. The third kappa shape index (κ3) is 3.44. The van der Waals surface area contributed by atoms with Crippen LogP contribution in [0.2, 0.25) is 5.02 Å². The van der Waals surface area contributed by atoms with Crippen molar-refractivity contribution in [2.75, 3.05) is 5.32 Å². The van der Waals surface area contributed by atoms with E-state index in [1.165, 1.54) is 17.8 Å². The molecule has 0 aromatic heterocycles. The van der Waals surface area contributed by atoms with Crippen LogP contribution in [0, 0.1) is 29.3 Å². The first-order valence-electron chi connectivity index (χ1n) is 8.43. The molecule has 3 nitrogen and oxygen atoms in total. The number of fused-ring (bicyclic) bond motifs is 1. The monoisotopic (exact) mass is 413 g/mol. The van der Waals surface area contributed by atoms with Gasteiger partial charge < -0.3 is 10.4 Å². The predicted molar refractivity (Wildman–Crippen MR) is 97.6 cm³/mol. The van der Waals surface area contributed by atoms with Gasteiger partial charge in [0.05, 0.1) is 11.1 Å². The Hall–Kier alpha value is -1.70. The van der Waals surface area contributed by atoms with Gasteiger partial charge in [-0.15, -0.1) is 11.8 Å². The van der Waals surface area contributed by atoms with Gasteiger partial charge in [-0.3, -0.25) is 4.79 Å². The Morgan fingerprint density at radius 2 is 1.85 bits per heavy atom. The fraction of sp³-hybridized carbons (Fsp3) is 0.316. The molecule has 0 saturated heterocycles. The number of anilines is 1. The Kier molecular flexibility index (Phi) is 4.86. The lowest BCUT2D eigenvalue weighted by Crippen LogP contribution is -2.35. The summed E-state index contributed by atoms with van der Waals surface area (Å²) in [6.07, 6.45) is 1.67. The Balaban J connectivity index is 1.51. The fourth-order valence-corrected chi connectivity index (χ4v) is 5.47. The van der Waals surface area contributed by atoms with Crippen molar-refractivity contribution >= 4 is 35.0 Å². The molecule has 0 heterocycles. The van der Waals surface area contributed by atoms with E-state index < -0.39 is 23.4 Å². The van der Waals surface area contributed by atoms with Gasteiger partial charge in [0, 0.05) is 33.5 Å². The molecular weight excluding hydrogens is 399 g/mol. The number of amides is 1. The summed E-state index contributed by atoms with van der Waals surface area (Å²) in [5.41, 5.74) is 0.0817. The zero-order chi connectivity index (χ0) is 19.3. The van der Waals surface area contributed by atoms with Crippen LogP contribution in [0.15, 0.2) is 35.2 Å². The Morgan fingerprint density at radius 3 is 2.44 bits per heavy atom. The normalized spacial score (nSPS) is 26.0. The zero-order valence-corrected chi connectivity index (χ0v) is 15.5. The van der Waals surface area contributed by atoms with Crippen LogP contribution in [0.25, 0.3) is 0 Å². The third-order valence-electron chi connectivity index (χ3n) is 5.22. The van der Waals surface area contributed by atoms with E-state index >= 15 is 0 Å². The molecule has 2 aromatic rings. The molecule has 8 heteroatoms. The smallest absolute Gasteiger partial charge is 0.255 e. The van der Waals surface area contributed by atoms with E-state index in [1.807, 2.05) is 0 Å². The summed E-state index contributed by atoms with van der Waals surface area (Å²) in [5, 5.41) is 13.0. The summed E-state index contributed by atoms with van der Waals surface area (Å²) in [6.45, 7) is 0. The summed E-state index contributed by atoms with van der Waals surface area (Å²) < 4.78 is 39.6. The van der Waals surface area contributed by atoms with E-state index in [2.05, 4.69) is 5.32 Å². The number of hydrogen-bond acceptors (Lipinski definition) is 3. The second-order valence-corrected chi connectivity index (χ2v) is 8.58. The van der Waals surface area contributed by atoms with Crippen LogP contribution in [0.4, 0.5) is 18.9 Å². The van der Waals surface area contributed by atoms with E-state index in [4.69, 9.17) is 11.6 Å². The average Bonchev–Trinajstić information content (AvgIpc) is 3.18. The van der Waals surface area contributed by atoms with Crippen molar-refractivity contribution in [1.82, 2.24) is 0 Å². The molecule has 2 aromatic carbocycles. The number of thioether (sulfide) groups is 1. The molecule has 1 amide bonds. The SMILES string of the molecule is O=C(Nc1cc(F)c(F)c(F)c1)c1ccc(Cl)c(S[C@@H]2CC3CC2[C@@H]3O)c1. The van der Waals surface area contributed by atoms with Gasteiger partial charge in [-0.1, -0.05) is 11.6 Å². The summed E-state index contributed by atoms with van der Waals surface area (Å²) >= 11 is 7.77. The van der Waals surface area contributed by atoms with E-state index in [0.29, 0.717) is 15.8 Å². The highest BCUT2D eigenvalue weighted by atomic mass is 35.5. The number of aliphatic hydroxyl groups is 1. The van der Waals surface area contributed by atoms with Gasteiger partial charge in [-0.05, 0) is 42.9 Å². The maximum atomic E-state index is 13.3. The molecule has 142 valence electrons. The van der Waals surface area contributed by atoms with E-state index in [-0.39, 0.29) is 28.5 Å². The molecule has 5 rings (SSSR count). The Labute approximate surface area is 162 Å². The quantitative estimate of drug-likeness (QED) is 0.703. The molecule has 2 unspecified atom stereocenters. The first-order chi connectivity index (χ1) is 12.8. The van der Waals surface area contributed by atoms with Crippen LogP contribution < -0.4 is 5.32 Å². The highest BCUT2D eigenvalue weighted by molar-refractivity contribution is 8.00. The van der Waals surface area contributed by atoms with Crippen molar-refractivity contribution in [2.45, 2.75) is 29.1 Å². The molecule has 0 aliphatic heterocycles. The van der Waals surface area contributed by atoms with Crippen LogP contribution in [-0.2, 0) is 0 Å². The number of nitrogens with one attached hydrogen (secondary N) is 1. The van der Waals surface area contributed by atoms with Crippen LogP contribution in [0.1, 0.15) is 23.2 Å². The van der Waals surface area contributed by atoms with Crippen molar-refractivity contribution < 1.29 is 23.1 Å². The first kappa shape index (κ1) is 18.7. The largest absolute Gasteiger partial charge is 0.393 e. The van der Waals surface area contributed by atoms with Gasteiger partial charge in [0.2, 0.25) is 0 Å². The molecule has 3 aliphatic carbocycles. The number of carbonyl (C=O) groups is 1. The topological polar surface area (TPSA) is 49.3 Å². The molecule has 3 fully saturated rings. The van der Waals surface area contributed by atoms with Crippen molar-refractivity contribution in [3.8, 4) is 0 Å². The van der Waals surface area contributed by atoms with Crippen molar-refractivity contribution in [3.63, 3.8) is 0 Å². The lowest BCUT2D eigenvalue weighted by Gasteiger charge is -2.32. The summed E-state index contributed by atoms with van der Waals surface area (Å²) in [4.78, 5) is 13.1. The molecule has 4 atom stereocenters. The predicted octanol–water partition coefficient (Wildman–Crippen LogP) is 4.87. The average molecular weight is 414 g/mol. The van der Waals surface area contributed by atoms with E-state index in [9.17, 15) is 23.1 Å². The maximum absolute atomic E-state index is 13.3. The number of hydrogen-bond donors (Lipinski definition) is 2. The van der Waals surface area contributed by atoms with Crippen molar-refractivity contribution in [2.24, 2.45) is 11.8 Å². The lowest BCUT2D eigenvalue weighted by atomic mass is 9.81. The first-order valence-corrected chi connectivity index (χ1v) is 9.69. The number of aliphatic hydroxyl groups excluding tert-OH is 1. The molecule has 2 N–H and O–H groups in total. The van der Waals surface area contributed by atoms with Gasteiger partial charge >= 0.3 is 0 Å². The Bertz CT molecular complexity index is 903. The lowest BCUT2D eigenvalue weighted by molar-refractivity contribution is 0.0104. The van der Waals surface area contributed by atoms with Gasteiger partial charge in [0.1, 0.15) is 0 Å². The van der Waals surface area contributed by atoms with Gasteiger partial charge in [0.25, 0.3) is 5.91 Å². The molecule has 2 bridgehead atoms. The Morgan fingerprint density at radius 1 is 1.15 bits per heavy atom. The molecule has 0 radical (unpaired) electrons. The van der Waals surface area contributed by atoms with E-state index in [1.54, 1.807) is 12.1 Å². The summed E-state index contributed by atoms with van der Waals surface area (Å²) in [6, 6.07) is 6.13. The van der Waals surface area contributed by atoms with Crippen LogP contribution >= 0.6 is 23.4 Å². The minimum absolute atomic E-state index is 0.180. The number of carbonyl (C=O) groups excluding carboxylic acids is 1.